The third kappa shape index (κ3) is 4.66. The van der Waals surface area contributed by atoms with Crippen LogP contribution in [0.3, 0.4) is 0 Å². The zero-order valence-electron chi connectivity index (χ0n) is 15.0. The molecule has 0 radical (unpaired) electrons. The smallest absolute Gasteiger partial charge is 0.197 e. The van der Waals surface area contributed by atoms with Crippen molar-refractivity contribution in [1.29, 1.82) is 0 Å². The second kappa shape index (κ2) is 9.29. The van der Waals surface area contributed by atoms with Crippen molar-refractivity contribution in [3.63, 3.8) is 0 Å². The van der Waals surface area contributed by atoms with E-state index >= 15 is 0 Å². The van der Waals surface area contributed by atoms with Crippen LogP contribution in [0.25, 0.3) is 0 Å². The molecule has 1 saturated heterocycles. The van der Waals surface area contributed by atoms with Crippen molar-refractivity contribution < 1.29 is 14.2 Å². The minimum absolute atomic E-state index is 0.0190. The summed E-state index contributed by atoms with van der Waals surface area (Å²) < 4.78 is 19.6. The Bertz CT molecular complexity index is 728. The van der Waals surface area contributed by atoms with Crippen molar-refractivity contribution in [2.45, 2.75) is 18.5 Å². The molecule has 0 aliphatic carbocycles. The van der Waals surface area contributed by atoms with E-state index in [0.29, 0.717) is 11.6 Å². The number of nitrogens with zero attached hydrogens (tertiary/aromatic N) is 3. The molecular weight excluding hydrogens is 371 g/mol. The molecule has 1 atom stereocenters. The van der Waals surface area contributed by atoms with Gasteiger partial charge >= 0.3 is 0 Å². The van der Waals surface area contributed by atoms with E-state index in [1.165, 1.54) is 6.07 Å². The first-order valence-electron chi connectivity index (χ1n) is 8.97. The highest BCUT2D eigenvalue weighted by atomic mass is 35.5. The minimum Gasteiger partial charge on any atom is -0.478 e. The van der Waals surface area contributed by atoms with Crippen LogP contribution >= 0.6 is 11.6 Å². The van der Waals surface area contributed by atoms with E-state index in [2.05, 4.69) is 16.8 Å². The van der Waals surface area contributed by atoms with Crippen LogP contribution in [-0.2, 0) is 0 Å². The summed E-state index contributed by atoms with van der Waals surface area (Å²) in [6, 6.07) is 4.69. The predicted molar refractivity (Wildman–Crippen MR) is 103 cm³/mol. The van der Waals surface area contributed by atoms with Crippen LogP contribution in [-0.4, -0.2) is 53.6 Å². The topological polar surface area (TPSA) is 65.2 Å². The van der Waals surface area contributed by atoms with Crippen LogP contribution in [0.1, 0.15) is 12.8 Å². The van der Waals surface area contributed by atoms with E-state index in [1.54, 1.807) is 17.0 Å². The highest BCUT2D eigenvalue weighted by Gasteiger charge is 2.32. The first-order valence-corrected chi connectivity index (χ1v) is 9.40. The summed E-state index contributed by atoms with van der Waals surface area (Å²) in [5.74, 6) is 5.23. The number of anilines is 1. The first kappa shape index (κ1) is 19.8. The number of nitrogens with two attached hydrogens (primary N) is 1. The molecule has 3 N–H and O–H groups in total. The SMILES string of the molecule is NCC1CCN(N2C=CN(c3ccc(OCC#CCO)c(F)c3)C2Cl)CC1. The summed E-state index contributed by atoms with van der Waals surface area (Å²) in [6.45, 7) is 2.30. The number of halogens is 2. The molecule has 0 aromatic heterocycles. The summed E-state index contributed by atoms with van der Waals surface area (Å²) in [5, 5.41) is 12.8. The highest BCUT2D eigenvalue weighted by molar-refractivity contribution is 6.22. The Hall–Kier alpha value is -1.98. The van der Waals surface area contributed by atoms with Crippen molar-refractivity contribution >= 4 is 17.3 Å². The zero-order chi connectivity index (χ0) is 19.2. The fraction of sp³-hybridized carbons (Fsp3) is 0.474. The van der Waals surface area contributed by atoms with Crippen molar-refractivity contribution in [2.24, 2.45) is 11.7 Å². The maximum absolute atomic E-state index is 14.3. The number of piperidine rings is 1. The molecule has 0 spiro atoms. The van der Waals surface area contributed by atoms with Crippen LogP contribution in [0.15, 0.2) is 30.6 Å². The highest BCUT2D eigenvalue weighted by Crippen LogP contribution is 2.32. The molecule has 8 heteroatoms. The standard InChI is InChI=1S/C19H24ClFN4O2/c20-19-24(9-10-25(19)23-7-5-15(14-22)6-8-23)16-3-4-18(17(21)13-16)27-12-2-1-11-26/h3-4,9-10,13,15,19,26H,5-8,11-12,14,22H2. The second-order valence-corrected chi connectivity index (χ2v) is 6.83. The number of hydrogen-bond acceptors (Lipinski definition) is 6. The average molecular weight is 395 g/mol. The van der Waals surface area contributed by atoms with E-state index in [1.807, 2.05) is 17.4 Å². The van der Waals surface area contributed by atoms with Crippen molar-refractivity contribution in [1.82, 2.24) is 10.0 Å². The summed E-state index contributed by atoms with van der Waals surface area (Å²) in [5.41, 5.74) is 5.93. The Morgan fingerprint density at radius 3 is 2.70 bits per heavy atom. The molecule has 0 bridgehead atoms. The van der Waals surface area contributed by atoms with E-state index in [9.17, 15) is 4.39 Å². The van der Waals surface area contributed by atoms with Gasteiger partial charge in [-0.25, -0.2) is 9.40 Å². The zero-order valence-corrected chi connectivity index (χ0v) is 15.8. The Balaban J connectivity index is 1.62. The van der Waals surface area contributed by atoms with Crippen LogP contribution in [0, 0.1) is 23.6 Å². The molecule has 1 aromatic carbocycles. The molecule has 2 aliphatic rings. The van der Waals surface area contributed by atoms with Crippen LogP contribution in [0.4, 0.5) is 10.1 Å². The predicted octanol–water partition coefficient (Wildman–Crippen LogP) is 1.90. The minimum atomic E-state index is -0.488. The normalized spacial score (nSPS) is 20.7. The summed E-state index contributed by atoms with van der Waals surface area (Å²) in [4.78, 5) is 1.80. The fourth-order valence-electron chi connectivity index (χ4n) is 3.22. The lowest BCUT2D eigenvalue weighted by molar-refractivity contribution is -0.0107. The van der Waals surface area contributed by atoms with Gasteiger partial charge in [-0.05, 0) is 37.4 Å². The second-order valence-electron chi connectivity index (χ2n) is 6.44. The maximum Gasteiger partial charge on any atom is 0.197 e. The number of ether oxygens (including phenoxy) is 1. The van der Waals surface area contributed by atoms with Gasteiger partial charge < -0.3 is 20.5 Å². The lowest BCUT2D eigenvalue weighted by atomic mass is 9.98. The average Bonchev–Trinajstić information content (AvgIpc) is 3.07. The van der Waals surface area contributed by atoms with Gasteiger partial charge in [-0.1, -0.05) is 23.4 Å². The fourth-order valence-corrected chi connectivity index (χ4v) is 3.59. The number of rotatable bonds is 5. The number of aliphatic hydroxyl groups is 1. The molecule has 2 heterocycles. The molecule has 27 heavy (non-hydrogen) atoms. The van der Waals surface area contributed by atoms with Gasteiger partial charge in [0.1, 0.15) is 13.2 Å². The van der Waals surface area contributed by atoms with E-state index in [-0.39, 0.29) is 19.0 Å². The van der Waals surface area contributed by atoms with Gasteiger partial charge in [0.25, 0.3) is 0 Å². The molecule has 2 aliphatic heterocycles. The Morgan fingerprint density at radius 2 is 2.04 bits per heavy atom. The molecule has 6 nitrogen and oxygen atoms in total. The molecule has 146 valence electrons. The van der Waals surface area contributed by atoms with Gasteiger partial charge in [0.15, 0.2) is 17.2 Å². The lowest BCUT2D eigenvalue weighted by Gasteiger charge is -2.40. The summed E-state index contributed by atoms with van der Waals surface area (Å²) in [6.07, 6.45) is 5.84. The molecular formula is C19H24ClFN4O2. The monoisotopic (exact) mass is 394 g/mol. The summed E-state index contributed by atoms with van der Waals surface area (Å²) >= 11 is 6.62. The molecule has 1 unspecified atom stereocenters. The number of hydrazine groups is 1. The molecule has 1 aromatic rings. The van der Waals surface area contributed by atoms with Crippen molar-refractivity contribution in [2.75, 3.05) is 37.7 Å². The van der Waals surface area contributed by atoms with Crippen molar-refractivity contribution in [3.8, 4) is 17.6 Å². The van der Waals surface area contributed by atoms with Gasteiger partial charge in [0.2, 0.25) is 0 Å². The largest absolute Gasteiger partial charge is 0.478 e. The lowest BCUT2D eigenvalue weighted by Crippen LogP contribution is -2.49. The van der Waals surface area contributed by atoms with Gasteiger partial charge in [-0.3, -0.25) is 5.01 Å². The van der Waals surface area contributed by atoms with Crippen molar-refractivity contribution in [3.05, 3.63) is 36.4 Å². The number of aliphatic hydroxyl groups excluding tert-OH is 1. The van der Waals surface area contributed by atoms with Gasteiger partial charge in [-0.15, -0.1) is 0 Å². The number of hydrogen-bond donors (Lipinski definition) is 2. The van der Waals surface area contributed by atoms with Crippen LogP contribution < -0.4 is 15.4 Å². The third-order valence-electron chi connectivity index (χ3n) is 4.80. The molecule has 0 saturated carbocycles. The Labute approximate surface area is 163 Å². The van der Waals surface area contributed by atoms with E-state index in [0.717, 1.165) is 32.5 Å². The number of alkyl halides is 1. The van der Waals surface area contributed by atoms with Gasteiger partial charge in [-0.2, -0.15) is 0 Å². The Morgan fingerprint density at radius 1 is 1.26 bits per heavy atom. The van der Waals surface area contributed by atoms with Crippen LogP contribution in [0.2, 0.25) is 0 Å². The quantitative estimate of drug-likeness (QED) is 0.452. The van der Waals surface area contributed by atoms with Crippen LogP contribution in [0.5, 0.6) is 5.75 Å². The van der Waals surface area contributed by atoms with Gasteiger partial charge in [0.05, 0.1) is 0 Å². The third-order valence-corrected chi connectivity index (χ3v) is 5.21. The Kier molecular flexibility index (Phi) is 6.80. The van der Waals surface area contributed by atoms with E-state index < -0.39 is 11.4 Å². The molecule has 0 amide bonds. The maximum atomic E-state index is 14.3. The summed E-state index contributed by atoms with van der Waals surface area (Å²) in [7, 11) is 0. The first-order chi connectivity index (χ1) is 13.1. The number of benzene rings is 1. The molecule has 1 fully saturated rings. The van der Waals surface area contributed by atoms with Gasteiger partial charge in [0, 0.05) is 37.2 Å². The van der Waals surface area contributed by atoms with E-state index in [4.69, 9.17) is 27.2 Å². The molecule has 3 rings (SSSR count).